The molecule has 1 fully saturated rings. The second kappa shape index (κ2) is 5.55. The third-order valence-corrected chi connectivity index (χ3v) is 4.25. The van der Waals surface area contributed by atoms with Gasteiger partial charge >= 0.3 is 0 Å². The Kier molecular flexibility index (Phi) is 4.29. The van der Waals surface area contributed by atoms with Crippen LogP contribution in [0, 0.1) is 11.7 Å². The largest absolute Gasteiger partial charge is 0.295 e. The quantitative estimate of drug-likeness (QED) is 0.756. The Morgan fingerprint density at radius 2 is 2.24 bits per heavy atom. The molecule has 4 heteroatoms. The van der Waals surface area contributed by atoms with E-state index in [1.54, 1.807) is 12.1 Å². The average Bonchev–Trinajstić information content (AvgIpc) is 2.64. The molecule has 1 aromatic carbocycles. The van der Waals surface area contributed by atoms with Gasteiger partial charge in [-0.15, -0.1) is 11.6 Å². The molecule has 1 aromatic rings. The standard InChI is InChI=1S/C13H16Cl2FN/c1-9-5-6-17(13(9)7-14)8-10-11(15)3-2-4-12(10)16/h2-4,9,13H,5-8H2,1H3. The van der Waals surface area contributed by atoms with E-state index in [4.69, 9.17) is 23.2 Å². The first-order valence-electron chi connectivity index (χ1n) is 5.86. The lowest BCUT2D eigenvalue weighted by Gasteiger charge is -2.25. The maximum Gasteiger partial charge on any atom is 0.129 e. The number of rotatable bonds is 3. The molecule has 0 radical (unpaired) electrons. The predicted molar refractivity (Wildman–Crippen MR) is 70.1 cm³/mol. The topological polar surface area (TPSA) is 3.24 Å². The van der Waals surface area contributed by atoms with E-state index in [-0.39, 0.29) is 5.82 Å². The molecule has 0 amide bonds. The average molecular weight is 276 g/mol. The van der Waals surface area contributed by atoms with Crippen molar-refractivity contribution in [3.63, 3.8) is 0 Å². The molecule has 0 aliphatic carbocycles. The summed E-state index contributed by atoms with van der Waals surface area (Å²) in [5.41, 5.74) is 0.582. The van der Waals surface area contributed by atoms with Crippen LogP contribution >= 0.6 is 23.2 Å². The van der Waals surface area contributed by atoms with Crippen LogP contribution in [0.3, 0.4) is 0 Å². The second-order valence-electron chi connectivity index (χ2n) is 4.66. The minimum Gasteiger partial charge on any atom is -0.295 e. The normalized spacial score (nSPS) is 25.4. The fourth-order valence-corrected chi connectivity index (χ4v) is 3.14. The number of halogens is 3. The molecule has 2 atom stereocenters. The van der Waals surface area contributed by atoms with Crippen molar-refractivity contribution in [1.82, 2.24) is 4.90 Å². The molecule has 17 heavy (non-hydrogen) atoms. The Morgan fingerprint density at radius 3 is 2.88 bits per heavy atom. The van der Waals surface area contributed by atoms with Crippen LogP contribution in [-0.2, 0) is 6.54 Å². The Labute approximate surface area is 112 Å². The number of hydrogen-bond donors (Lipinski definition) is 0. The predicted octanol–water partition coefficient (Wildman–Crippen LogP) is 3.93. The van der Waals surface area contributed by atoms with E-state index in [0.29, 0.717) is 35.0 Å². The van der Waals surface area contributed by atoms with Crippen molar-refractivity contribution in [3.05, 3.63) is 34.6 Å². The maximum absolute atomic E-state index is 13.7. The second-order valence-corrected chi connectivity index (χ2v) is 5.37. The summed E-state index contributed by atoms with van der Waals surface area (Å²) >= 11 is 12.0. The van der Waals surface area contributed by atoms with E-state index in [1.807, 2.05) is 0 Å². The molecule has 1 nitrogen and oxygen atoms in total. The fraction of sp³-hybridized carbons (Fsp3) is 0.538. The molecule has 2 unspecified atom stereocenters. The monoisotopic (exact) mass is 275 g/mol. The molecule has 0 N–H and O–H groups in total. The van der Waals surface area contributed by atoms with Crippen molar-refractivity contribution >= 4 is 23.2 Å². The van der Waals surface area contributed by atoms with Gasteiger partial charge in [0.15, 0.2) is 0 Å². The lowest BCUT2D eigenvalue weighted by molar-refractivity contribution is 0.239. The molecule has 2 rings (SSSR count). The van der Waals surface area contributed by atoms with E-state index in [1.165, 1.54) is 6.07 Å². The molecule has 0 saturated carbocycles. The van der Waals surface area contributed by atoms with Crippen LogP contribution in [0.15, 0.2) is 18.2 Å². The molecule has 1 saturated heterocycles. The maximum atomic E-state index is 13.7. The SMILES string of the molecule is CC1CCN(Cc2c(F)cccc2Cl)C1CCl. The first kappa shape index (κ1) is 13.1. The Hall–Kier alpha value is -0.310. The van der Waals surface area contributed by atoms with Crippen molar-refractivity contribution in [1.29, 1.82) is 0 Å². The summed E-state index contributed by atoms with van der Waals surface area (Å²) in [5, 5.41) is 0.498. The van der Waals surface area contributed by atoms with Gasteiger partial charge in [0.1, 0.15) is 5.82 Å². The van der Waals surface area contributed by atoms with Crippen molar-refractivity contribution < 1.29 is 4.39 Å². The smallest absolute Gasteiger partial charge is 0.129 e. The molecule has 1 aliphatic heterocycles. The van der Waals surface area contributed by atoms with Crippen LogP contribution in [0.2, 0.25) is 5.02 Å². The zero-order chi connectivity index (χ0) is 12.4. The van der Waals surface area contributed by atoms with Gasteiger partial charge in [-0.25, -0.2) is 4.39 Å². The Balaban J connectivity index is 2.16. The van der Waals surface area contributed by atoms with E-state index in [9.17, 15) is 4.39 Å². The molecular weight excluding hydrogens is 260 g/mol. The first-order chi connectivity index (χ1) is 8.13. The van der Waals surface area contributed by atoms with Crippen LogP contribution in [0.4, 0.5) is 4.39 Å². The molecule has 94 valence electrons. The van der Waals surface area contributed by atoms with Gasteiger partial charge in [-0.05, 0) is 31.0 Å². The van der Waals surface area contributed by atoms with Crippen LogP contribution in [0.1, 0.15) is 18.9 Å². The molecule has 1 heterocycles. The van der Waals surface area contributed by atoms with Gasteiger partial charge in [-0.1, -0.05) is 24.6 Å². The lowest BCUT2D eigenvalue weighted by atomic mass is 10.0. The first-order valence-corrected chi connectivity index (χ1v) is 6.77. The summed E-state index contributed by atoms with van der Waals surface area (Å²) in [5.74, 6) is 0.927. The number of nitrogens with zero attached hydrogens (tertiary/aromatic N) is 1. The lowest BCUT2D eigenvalue weighted by Crippen LogP contribution is -2.33. The number of hydrogen-bond acceptors (Lipinski definition) is 1. The van der Waals surface area contributed by atoms with Crippen molar-refractivity contribution in [2.75, 3.05) is 12.4 Å². The molecule has 0 spiro atoms. The van der Waals surface area contributed by atoms with Gasteiger partial charge in [-0.3, -0.25) is 4.90 Å². The third kappa shape index (κ3) is 2.75. The van der Waals surface area contributed by atoms with Gasteiger partial charge < -0.3 is 0 Å². The highest BCUT2D eigenvalue weighted by atomic mass is 35.5. The van der Waals surface area contributed by atoms with Gasteiger partial charge in [0, 0.05) is 29.1 Å². The van der Waals surface area contributed by atoms with Gasteiger partial charge in [-0.2, -0.15) is 0 Å². The minimum absolute atomic E-state index is 0.231. The highest BCUT2D eigenvalue weighted by molar-refractivity contribution is 6.31. The number of alkyl halides is 1. The zero-order valence-corrected chi connectivity index (χ0v) is 11.3. The zero-order valence-electron chi connectivity index (χ0n) is 9.80. The summed E-state index contributed by atoms with van der Waals surface area (Å²) in [6, 6.07) is 5.14. The highest BCUT2D eigenvalue weighted by Crippen LogP contribution is 2.29. The summed E-state index contributed by atoms with van der Waals surface area (Å²) in [4.78, 5) is 2.22. The third-order valence-electron chi connectivity index (χ3n) is 3.58. The molecule has 0 bridgehead atoms. The van der Waals surface area contributed by atoms with E-state index in [2.05, 4.69) is 11.8 Å². The van der Waals surface area contributed by atoms with E-state index in [0.717, 1.165) is 13.0 Å². The van der Waals surface area contributed by atoms with E-state index >= 15 is 0 Å². The van der Waals surface area contributed by atoms with Gasteiger partial charge in [0.2, 0.25) is 0 Å². The van der Waals surface area contributed by atoms with Crippen LogP contribution in [0.5, 0.6) is 0 Å². The fourth-order valence-electron chi connectivity index (χ4n) is 2.42. The van der Waals surface area contributed by atoms with Crippen molar-refractivity contribution in [3.8, 4) is 0 Å². The van der Waals surface area contributed by atoms with E-state index < -0.39 is 0 Å². The van der Waals surface area contributed by atoms with Crippen molar-refractivity contribution in [2.45, 2.75) is 25.9 Å². The van der Waals surface area contributed by atoms with Crippen molar-refractivity contribution in [2.24, 2.45) is 5.92 Å². The minimum atomic E-state index is -0.231. The van der Waals surface area contributed by atoms with Crippen LogP contribution in [0.25, 0.3) is 0 Å². The van der Waals surface area contributed by atoms with Gasteiger partial charge in [0.25, 0.3) is 0 Å². The number of benzene rings is 1. The van der Waals surface area contributed by atoms with Gasteiger partial charge in [0.05, 0.1) is 0 Å². The summed E-state index contributed by atoms with van der Waals surface area (Å²) in [6.45, 7) is 3.70. The molecule has 1 aliphatic rings. The molecular formula is C13H16Cl2FN. The summed E-state index contributed by atoms with van der Waals surface area (Å²) < 4.78 is 13.7. The summed E-state index contributed by atoms with van der Waals surface area (Å²) in [6.07, 6.45) is 1.11. The summed E-state index contributed by atoms with van der Waals surface area (Å²) in [7, 11) is 0. The van der Waals surface area contributed by atoms with Crippen LogP contribution < -0.4 is 0 Å². The van der Waals surface area contributed by atoms with Crippen LogP contribution in [-0.4, -0.2) is 23.4 Å². The highest BCUT2D eigenvalue weighted by Gasteiger charge is 2.31. The molecule has 0 aromatic heterocycles. The number of likely N-dealkylation sites (tertiary alicyclic amines) is 1. The Morgan fingerprint density at radius 1 is 1.47 bits per heavy atom. The Bertz CT molecular complexity index is 377.